The SMILES string of the molecule is CCC1CCCCC1C(NC)C1(C)CC1. The van der Waals surface area contributed by atoms with E-state index in [1.165, 1.54) is 44.9 Å². The van der Waals surface area contributed by atoms with Crippen LogP contribution in [-0.4, -0.2) is 13.1 Å². The number of rotatable bonds is 4. The van der Waals surface area contributed by atoms with Gasteiger partial charge in [-0.3, -0.25) is 0 Å². The minimum Gasteiger partial charge on any atom is -0.316 e. The number of hydrogen-bond acceptors (Lipinski definition) is 1. The van der Waals surface area contributed by atoms with Crippen molar-refractivity contribution in [2.24, 2.45) is 17.3 Å². The molecule has 2 rings (SSSR count). The van der Waals surface area contributed by atoms with Crippen LogP contribution in [-0.2, 0) is 0 Å². The number of hydrogen-bond donors (Lipinski definition) is 1. The molecule has 0 aliphatic heterocycles. The van der Waals surface area contributed by atoms with Crippen LogP contribution in [0.3, 0.4) is 0 Å². The second-order valence-electron chi connectivity index (χ2n) is 6.04. The van der Waals surface area contributed by atoms with Crippen molar-refractivity contribution in [3.8, 4) is 0 Å². The Labute approximate surface area is 95.0 Å². The van der Waals surface area contributed by atoms with Gasteiger partial charge in [0.2, 0.25) is 0 Å². The van der Waals surface area contributed by atoms with Crippen LogP contribution in [0, 0.1) is 17.3 Å². The zero-order valence-corrected chi connectivity index (χ0v) is 10.7. The topological polar surface area (TPSA) is 12.0 Å². The Kier molecular flexibility index (Phi) is 3.39. The monoisotopic (exact) mass is 209 g/mol. The smallest absolute Gasteiger partial charge is 0.0149 e. The van der Waals surface area contributed by atoms with Crippen LogP contribution in [0.1, 0.15) is 58.8 Å². The van der Waals surface area contributed by atoms with E-state index in [2.05, 4.69) is 26.2 Å². The van der Waals surface area contributed by atoms with Crippen LogP contribution >= 0.6 is 0 Å². The van der Waals surface area contributed by atoms with Gasteiger partial charge in [0.1, 0.15) is 0 Å². The Morgan fingerprint density at radius 3 is 2.47 bits per heavy atom. The van der Waals surface area contributed by atoms with Crippen molar-refractivity contribution in [1.29, 1.82) is 0 Å². The van der Waals surface area contributed by atoms with Gasteiger partial charge in [0.25, 0.3) is 0 Å². The van der Waals surface area contributed by atoms with E-state index in [9.17, 15) is 0 Å². The molecule has 0 aromatic rings. The molecule has 0 aromatic heterocycles. The normalized spacial score (nSPS) is 36.2. The Balaban J connectivity index is 2.04. The fraction of sp³-hybridized carbons (Fsp3) is 1.00. The third kappa shape index (κ3) is 2.22. The third-order valence-corrected chi connectivity index (χ3v) is 5.02. The van der Waals surface area contributed by atoms with Gasteiger partial charge in [0.15, 0.2) is 0 Å². The third-order valence-electron chi connectivity index (χ3n) is 5.02. The summed E-state index contributed by atoms with van der Waals surface area (Å²) in [6.45, 7) is 4.86. The first kappa shape index (κ1) is 11.4. The molecule has 2 saturated carbocycles. The predicted molar refractivity (Wildman–Crippen MR) is 65.9 cm³/mol. The highest BCUT2D eigenvalue weighted by atomic mass is 14.9. The Bertz CT molecular complexity index is 207. The highest BCUT2D eigenvalue weighted by Crippen LogP contribution is 2.53. The molecule has 0 heterocycles. The molecule has 0 saturated heterocycles. The summed E-state index contributed by atoms with van der Waals surface area (Å²) in [5.74, 6) is 1.95. The summed E-state index contributed by atoms with van der Waals surface area (Å²) in [6.07, 6.45) is 10.2. The molecule has 0 aromatic carbocycles. The summed E-state index contributed by atoms with van der Waals surface area (Å²) >= 11 is 0. The van der Waals surface area contributed by atoms with E-state index in [-0.39, 0.29) is 0 Å². The minimum absolute atomic E-state index is 0.643. The first-order chi connectivity index (χ1) is 7.21. The molecular formula is C14H27N. The van der Waals surface area contributed by atoms with Gasteiger partial charge in [-0.25, -0.2) is 0 Å². The lowest BCUT2D eigenvalue weighted by atomic mass is 9.70. The zero-order valence-electron chi connectivity index (χ0n) is 10.7. The van der Waals surface area contributed by atoms with E-state index in [0.717, 1.165) is 17.9 Å². The fourth-order valence-electron chi connectivity index (χ4n) is 3.77. The molecule has 0 radical (unpaired) electrons. The van der Waals surface area contributed by atoms with Gasteiger partial charge in [0, 0.05) is 6.04 Å². The molecule has 1 heteroatoms. The van der Waals surface area contributed by atoms with Crippen molar-refractivity contribution in [3.63, 3.8) is 0 Å². The van der Waals surface area contributed by atoms with Crippen molar-refractivity contribution >= 4 is 0 Å². The molecule has 0 bridgehead atoms. The second kappa shape index (κ2) is 4.45. The van der Waals surface area contributed by atoms with Gasteiger partial charge >= 0.3 is 0 Å². The lowest BCUT2D eigenvalue weighted by molar-refractivity contribution is 0.139. The minimum atomic E-state index is 0.643. The maximum absolute atomic E-state index is 3.64. The second-order valence-corrected chi connectivity index (χ2v) is 6.04. The summed E-state index contributed by atoms with van der Waals surface area (Å²) in [5, 5.41) is 3.64. The quantitative estimate of drug-likeness (QED) is 0.746. The summed E-state index contributed by atoms with van der Waals surface area (Å²) in [6, 6.07) is 0.794. The zero-order chi connectivity index (χ0) is 10.9. The standard InChI is InChI=1S/C14H27N/c1-4-11-7-5-6-8-12(11)13(15-3)14(2)9-10-14/h11-13,15H,4-10H2,1-3H3. The van der Waals surface area contributed by atoms with E-state index in [1.807, 2.05) is 0 Å². The van der Waals surface area contributed by atoms with E-state index in [1.54, 1.807) is 0 Å². The van der Waals surface area contributed by atoms with Crippen molar-refractivity contribution in [2.75, 3.05) is 7.05 Å². The average molecular weight is 209 g/mol. The van der Waals surface area contributed by atoms with E-state index in [4.69, 9.17) is 0 Å². The molecule has 1 nitrogen and oxygen atoms in total. The van der Waals surface area contributed by atoms with E-state index < -0.39 is 0 Å². The molecule has 1 N–H and O–H groups in total. The van der Waals surface area contributed by atoms with Crippen LogP contribution in [0.25, 0.3) is 0 Å². The molecule has 0 spiro atoms. The Morgan fingerprint density at radius 1 is 1.27 bits per heavy atom. The highest BCUT2D eigenvalue weighted by molar-refractivity contribution is 5.02. The van der Waals surface area contributed by atoms with Crippen molar-refractivity contribution in [3.05, 3.63) is 0 Å². The fourth-order valence-corrected chi connectivity index (χ4v) is 3.77. The molecule has 15 heavy (non-hydrogen) atoms. The molecule has 88 valence electrons. The molecule has 2 aliphatic rings. The average Bonchev–Trinajstić information content (AvgIpc) is 2.99. The summed E-state index contributed by atoms with van der Waals surface area (Å²) < 4.78 is 0. The van der Waals surface area contributed by atoms with Gasteiger partial charge in [-0.15, -0.1) is 0 Å². The largest absolute Gasteiger partial charge is 0.316 e. The predicted octanol–water partition coefficient (Wildman–Crippen LogP) is 3.59. The Hall–Kier alpha value is -0.0400. The van der Waals surface area contributed by atoms with Gasteiger partial charge in [-0.05, 0) is 43.6 Å². The van der Waals surface area contributed by atoms with Gasteiger partial charge in [-0.2, -0.15) is 0 Å². The van der Waals surface area contributed by atoms with E-state index in [0.29, 0.717) is 5.41 Å². The number of nitrogens with one attached hydrogen (secondary N) is 1. The maximum atomic E-state index is 3.64. The first-order valence-electron chi connectivity index (χ1n) is 6.88. The van der Waals surface area contributed by atoms with Gasteiger partial charge in [-0.1, -0.05) is 39.5 Å². The van der Waals surface area contributed by atoms with Crippen LogP contribution in [0.2, 0.25) is 0 Å². The van der Waals surface area contributed by atoms with Gasteiger partial charge in [0.05, 0.1) is 0 Å². The lowest BCUT2D eigenvalue weighted by Gasteiger charge is -2.40. The first-order valence-corrected chi connectivity index (χ1v) is 6.88. The summed E-state index contributed by atoms with van der Waals surface area (Å²) in [5.41, 5.74) is 0.643. The highest BCUT2D eigenvalue weighted by Gasteiger charge is 2.48. The molecular weight excluding hydrogens is 182 g/mol. The maximum Gasteiger partial charge on any atom is 0.0149 e. The molecule has 0 amide bonds. The molecule has 2 aliphatic carbocycles. The molecule has 2 fully saturated rings. The molecule has 3 unspecified atom stereocenters. The van der Waals surface area contributed by atoms with Crippen molar-refractivity contribution < 1.29 is 0 Å². The van der Waals surface area contributed by atoms with Crippen LogP contribution in [0.5, 0.6) is 0 Å². The van der Waals surface area contributed by atoms with Crippen molar-refractivity contribution in [2.45, 2.75) is 64.8 Å². The van der Waals surface area contributed by atoms with Crippen LogP contribution < -0.4 is 5.32 Å². The van der Waals surface area contributed by atoms with Crippen LogP contribution in [0.15, 0.2) is 0 Å². The molecule has 3 atom stereocenters. The summed E-state index contributed by atoms with van der Waals surface area (Å²) in [4.78, 5) is 0. The van der Waals surface area contributed by atoms with Crippen molar-refractivity contribution in [1.82, 2.24) is 5.32 Å². The van der Waals surface area contributed by atoms with Crippen LogP contribution in [0.4, 0.5) is 0 Å². The van der Waals surface area contributed by atoms with E-state index >= 15 is 0 Å². The Morgan fingerprint density at radius 2 is 1.93 bits per heavy atom. The summed E-state index contributed by atoms with van der Waals surface area (Å²) in [7, 11) is 2.18. The van der Waals surface area contributed by atoms with Gasteiger partial charge < -0.3 is 5.32 Å². The lowest BCUT2D eigenvalue weighted by Crippen LogP contribution is -2.44.